The maximum atomic E-state index is 13.5. The van der Waals surface area contributed by atoms with Crippen LogP contribution in [0, 0.1) is 5.82 Å². The summed E-state index contributed by atoms with van der Waals surface area (Å²) in [5.41, 5.74) is 1.82. The Bertz CT molecular complexity index is 616. The lowest BCUT2D eigenvalue weighted by atomic mass is 10.1. The summed E-state index contributed by atoms with van der Waals surface area (Å²) in [5.74, 6) is -0.250. The molecule has 2 rings (SSSR count). The first-order valence-electron chi connectivity index (χ1n) is 7.95. The van der Waals surface area contributed by atoms with Gasteiger partial charge in [-0.25, -0.2) is 4.39 Å². The van der Waals surface area contributed by atoms with Crippen LogP contribution < -0.4 is 5.32 Å². The highest BCUT2D eigenvalue weighted by Crippen LogP contribution is 2.06. The van der Waals surface area contributed by atoms with E-state index in [2.05, 4.69) is 22.3 Å². The van der Waals surface area contributed by atoms with Gasteiger partial charge >= 0.3 is 0 Å². The molecule has 0 heterocycles. The molecule has 0 atom stereocenters. The van der Waals surface area contributed by atoms with Crippen molar-refractivity contribution in [2.24, 2.45) is 0 Å². The topological polar surface area (TPSA) is 32.3 Å². The van der Waals surface area contributed by atoms with E-state index in [1.165, 1.54) is 11.6 Å². The molecule has 1 N–H and O–H groups in total. The molecule has 0 aromatic heterocycles. The molecule has 0 aliphatic heterocycles. The number of nitrogens with one attached hydrogen (secondary N) is 1. The molecular formula is C19H23FN2O. The van der Waals surface area contributed by atoms with E-state index in [1.807, 2.05) is 25.1 Å². The van der Waals surface area contributed by atoms with Gasteiger partial charge in [-0.15, -0.1) is 0 Å². The van der Waals surface area contributed by atoms with Crippen LogP contribution in [0.3, 0.4) is 0 Å². The van der Waals surface area contributed by atoms with Crippen molar-refractivity contribution in [3.63, 3.8) is 0 Å². The Balaban J connectivity index is 1.75. The second kappa shape index (κ2) is 9.06. The third-order valence-corrected chi connectivity index (χ3v) is 3.74. The van der Waals surface area contributed by atoms with Crippen molar-refractivity contribution >= 4 is 5.91 Å². The maximum absolute atomic E-state index is 13.5. The zero-order chi connectivity index (χ0) is 16.5. The maximum Gasteiger partial charge on any atom is 0.234 e. The fourth-order valence-electron chi connectivity index (χ4n) is 2.42. The fourth-order valence-corrected chi connectivity index (χ4v) is 2.42. The molecule has 0 fully saturated rings. The third kappa shape index (κ3) is 5.83. The Hall–Kier alpha value is -2.20. The molecule has 0 unspecified atom stereocenters. The summed E-state index contributed by atoms with van der Waals surface area (Å²) in [7, 11) is 0. The van der Waals surface area contributed by atoms with Gasteiger partial charge in [0.2, 0.25) is 5.91 Å². The highest BCUT2D eigenvalue weighted by molar-refractivity contribution is 5.78. The Morgan fingerprint density at radius 3 is 2.48 bits per heavy atom. The number of carbonyl (C=O) groups excluding carboxylic acids is 1. The van der Waals surface area contributed by atoms with Gasteiger partial charge in [-0.05, 0) is 30.2 Å². The van der Waals surface area contributed by atoms with Crippen LogP contribution in [-0.4, -0.2) is 30.4 Å². The number of halogens is 1. The molecule has 3 nitrogen and oxygen atoms in total. The van der Waals surface area contributed by atoms with Gasteiger partial charge in [-0.2, -0.15) is 0 Å². The molecule has 2 aromatic carbocycles. The Morgan fingerprint density at radius 1 is 1.09 bits per heavy atom. The number of amides is 1. The lowest BCUT2D eigenvalue weighted by Crippen LogP contribution is -2.37. The summed E-state index contributed by atoms with van der Waals surface area (Å²) in [6.07, 6.45) is 0.503. The van der Waals surface area contributed by atoms with Gasteiger partial charge < -0.3 is 5.32 Å². The summed E-state index contributed by atoms with van der Waals surface area (Å²) < 4.78 is 13.5. The minimum atomic E-state index is -0.221. The number of nitrogens with zero attached hydrogens (tertiary/aromatic N) is 1. The summed E-state index contributed by atoms with van der Waals surface area (Å²) >= 11 is 0. The highest BCUT2D eigenvalue weighted by Gasteiger charge is 2.09. The zero-order valence-corrected chi connectivity index (χ0v) is 13.5. The second-order valence-corrected chi connectivity index (χ2v) is 5.48. The van der Waals surface area contributed by atoms with E-state index in [1.54, 1.807) is 18.2 Å². The van der Waals surface area contributed by atoms with Crippen molar-refractivity contribution in [1.82, 2.24) is 10.2 Å². The van der Waals surface area contributed by atoms with Crippen molar-refractivity contribution in [1.29, 1.82) is 0 Å². The lowest BCUT2D eigenvalue weighted by molar-refractivity contribution is -0.122. The second-order valence-electron chi connectivity index (χ2n) is 5.48. The molecular weight excluding hydrogens is 291 g/mol. The van der Waals surface area contributed by atoms with Gasteiger partial charge in [0.05, 0.1) is 6.54 Å². The number of rotatable bonds is 8. The van der Waals surface area contributed by atoms with Crippen molar-refractivity contribution in [2.75, 3.05) is 19.6 Å². The van der Waals surface area contributed by atoms with Crippen LogP contribution in [0.4, 0.5) is 4.39 Å². The molecule has 122 valence electrons. The van der Waals surface area contributed by atoms with Crippen LogP contribution in [0.2, 0.25) is 0 Å². The molecule has 0 aliphatic rings. The minimum Gasteiger partial charge on any atom is -0.355 e. The van der Waals surface area contributed by atoms with Gasteiger partial charge in [0, 0.05) is 13.1 Å². The molecule has 0 radical (unpaired) electrons. The van der Waals surface area contributed by atoms with Crippen LogP contribution in [0.5, 0.6) is 0 Å². The van der Waals surface area contributed by atoms with Gasteiger partial charge in [0.25, 0.3) is 0 Å². The van der Waals surface area contributed by atoms with Crippen LogP contribution in [0.1, 0.15) is 18.1 Å². The van der Waals surface area contributed by atoms with Crippen LogP contribution in [-0.2, 0) is 17.8 Å². The number of benzene rings is 2. The average molecular weight is 314 g/mol. The first kappa shape index (κ1) is 17.2. The molecule has 0 saturated carbocycles. The normalized spacial score (nSPS) is 10.7. The lowest BCUT2D eigenvalue weighted by Gasteiger charge is -2.20. The number of hydrogen-bond acceptors (Lipinski definition) is 2. The predicted molar refractivity (Wildman–Crippen MR) is 90.5 cm³/mol. The molecule has 2 aromatic rings. The first-order chi connectivity index (χ1) is 11.2. The van der Waals surface area contributed by atoms with Crippen LogP contribution in [0.15, 0.2) is 54.6 Å². The van der Waals surface area contributed by atoms with Crippen molar-refractivity contribution in [3.05, 3.63) is 71.5 Å². The van der Waals surface area contributed by atoms with Crippen LogP contribution in [0.25, 0.3) is 0 Å². The van der Waals surface area contributed by atoms with E-state index < -0.39 is 0 Å². The number of hydrogen-bond donors (Lipinski definition) is 1. The molecule has 0 spiro atoms. The Labute approximate surface area is 137 Å². The molecule has 0 saturated heterocycles. The standard InChI is InChI=1S/C19H23FN2O/c1-2-22(14-16-8-4-3-5-9-16)15-19(23)21-13-12-17-10-6-7-11-18(17)20/h3-11H,2,12-15H2,1H3,(H,21,23). The summed E-state index contributed by atoms with van der Waals surface area (Å²) in [4.78, 5) is 14.1. The Kier molecular flexibility index (Phi) is 6.76. The number of carbonyl (C=O) groups is 1. The average Bonchev–Trinajstić information content (AvgIpc) is 2.57. The van der Waals surface area contributed by atoms with E-state index in [9.17, 15) is 9.18 Å². The van der Waals surface area contributed by atoms with Crippen molar-refractivity contribution < 1.29 is 9.18 Å². The van der Waals surface area contributed by atoms with Crippen LogP contribution >= 0.6 is 0 Å². The van der Waals surface area contributed by atoms with Gasteiger partial charge in [0.15, 0.2) is 0 Å². The van der Waals surface area contributed by atoms with Crippen molar-refractivity contribution in [3.8, 4) is 0 Å². The van der Waals surface area contributed by atoms with Crippen molar-refractivity contribution in [2.45, 2.75) is 19.9 Å². The molecule has 0 aliphatic carbocycles. The Morgan fingerprint density at radius 2 is 1.78 bits per heavy atom. The molecule has 1 amide bonds. The first-order valence-corrected chi connectivity index (χ1v) is 7.95. The molecule has 4 heteroatoms. The highest BCUT2D eigenvalue weighted by atomic mass is 19.1. The molecule has 23 heavy (non-hydrogen) atoms. The van der Waals surface area contributed by atoms with E-state index in [4.69, 9.17) is 0 Å². The quantitative estimate of drug-likeness (QED) is 0.812. The number of likely N-dealkylation sites (N-methyl/N-ethyl adjacent to an activating group) is 1. The van der Waals surface area contributed by atoms with E-state index in [0.717, 1.165) is 13.1 Å². The zero-order valence-electron chi connectivity index (χ0n) is 13.5. The third-order valence-electron chi connectivity index (χ3n) is 3.74. The minimum absolute atomic E-state index is 0.0286. The molecule has 0 bridgehead atoms. The summed E-state index contributed by atoms with van der Waals surface area (Å²) in [6.45, 7) is 4.38. The van der Waals surface area contributed by atoms with Gasteiger partial charge in [-0.3, -0.25) is 9.69 Å². The van der Waals surface area contributed by atoms with Gasteiger partial charge in [0.1, 0.15) is 5.82 Å². The predicted octanol–water partition coefficient (Wildman–Crippen LogP) is 3.01. The van der Waals surface area contributed by atoms with Gasteiger partial charge in [-0.1, -0.05) is 55.5 Å². The smallest absolute Gasteiger partial charge is 0.234 e. The summed E-state index contributed by atoms with van der Waals surface area (Å²) in [5, 5.41) is 2.86. The van der Waals surface area contributed by atoms with E-state index in [0.29, 0.717) is 25.1 Å². The van der Waals surface area contributed by atoms with E-state index in [-0.39, 0.29) is 11.7 Å². The monoisotopic (exact) mass is 314 g/mol. The van der Waals surface area contributed by atoms with E-state index >= 15 is 0 Å². The summed E-state index contributed by atoms with van der Waals surface area (Å²) in [6, 6.07) is 16.7. The largest absolute Gasteiger partial charge is 0.355 e. The SMILES string of the molecule is CCN(CC(=O)NCCc1ccccc1F)Cc1ccccc1. The fraction of sp³-hybridized carbons (Fsp3) is 0.316.